The Hall–Kier alpha value is -2.43. The Morgan fingerprint density at radius 2 is 1.86 bits per heavy atom. The molecule has 0 saturated carbocycles. The van der Waals surface area contributed by atoms with E-state index in [1.54, 1.807) is 13.0 Å². The number of nitrogen functional groups attached to an aromatic ring is 1. The predicted octanol–water partition coefficient (Wildman–Crippen LogP) is 3.09. The molecule has 0 aliphatic heterocycles. The van der Waals surface area contributed by atoms with E-state index in [1.165, 1.54) is 0 Å². The lowest BCUT2D eigenvalue weighted by molar-refractivity contribution is 0.0950. The van der Waals surface area contributed by atoms with E-state index in [4.69, 9.17) is 5.73 Å². The van der Waals surface area contributed by atoms with Gasteiger partial charge in [-0.3, -0.25) is 4.79 Å². The Balaban J connectivity index is 2.15. The van der Waals surface area contributed by atoms with Crippen LogP contribution >= 0.6 is 0 Å². The lowest BCUT2D eigenvalue weighted by Gasteiger charge is -2.11. The molecule has 2 aromatic rings. The molecule has 0 bridgehead atoms. The molecule has 5 heteroatoms. The van der Waals surface area contributed by atoms with Crippen molar-refractivity contribution < 1.29 is 13.6 Å². The van der Waals surface area contributed by atoms with Gasteiger partial charge in [-0.05, 0) is 49.2 Å². The maximum atomic E-state index is 13.5. The molecule has 0 aliphatic carbocycles. The molecule has 0 saturated heterocycles. The highest BCUT2D eigenvalue weighted by atomic mass is 19.1. The lowest BCUT2D eigenvalue weighted by Crippen LogP contribution is -2.24. The minimum Gasteiger partial charge on any atom is -0.398 e. The van der Waals surface area contributed by atoms with Crippen molar-refractivity contribution in [2.24, 2.45) is 0 Å². The van der Waals surface area contributed by atoms with Crippen molar-refractivity contribution in [3.05, 3.63) is 64.2 Å². The first-order chi connectivity index (χ1) is 9.88. The van der Waals surface area contributed by atoms with E-state index in [9.17, 15) is 13.6 Å². The number of amides is 1. The second-order valence-corrected chi connectivity index (χ2v) is 4.94. The van der Waals surface area contributed by atoms with Crippen molar-refractivity contribution >= 4 is 11.6 Å². The summed E-state index contributed by atoms with van der Waals surface area (Å²) >= 11 is 0. The lowest BCUT2D eigenvalue weighted by atomic mass is 10.0. The molecule has 0 atom stereocenters. The molecule has 3 nitrogen and oxygen atoms in total. The van der Waals surface area contributed by atoms with E-state index in [0.717, 1.165) is 29.3 Å². The Morgan fingerprint density at radius 1 is 1.14 bits per heavy atom. The fourth-order valence-corrected chi connectivity index (χ4v) is 2.06. The van der Waals surface area contributed by atoms with E-state index in [2.05, 4.69) is 5.32 Å². The Kier molecular flexibility index (Phi) is 4.21. The molecular formula is C16H16F2N2O. The molecule has 0 aliphatic rings. The van der Waals surface area contributed by atoms with Crippen LogP contribution in [0.15, 0.2) is 30.3 Å². The third-order valence-corrected chi connectivity index (χ3v) is 3.30. The van der Waals surface area contributed by atoms with E-state index in [0.29, 0.717) is 11.3 Å². The van der Waals surface area contributed by atoms with Gasteiger partial charge >= 0.3 is 0 Å². The number of carbonyl (C=O) groups is 1. The summed E-state index contributed by atoms with van der Waals surface area (Å²) in [7, 11) is 0. The van der Waals surface area contributed by atoms with Crippen molar-refractivity contribution in [3.63, 3.8) is 0 Å². The molecule has 0 heterocycles. The van der Waals surface area contributed by atoms with Gasteiger partial charge in [-0.25, -0.2) is 8.78 Å². The van der Waals surface area contributed by atoms with Gasteiger partial charge in [-0.2, -0.15) is 0 Å². The summed E-state index contributed by atoms with van der Waals surface area (Å²) < 4.78 is 26.5. The highest BCUT2D eigenvalue weighted by molar-refractivity contribution is 5.96. The van der Waals surface area contributed by atoms with E-state index >= 15 is 0 Å². The second kappa shape index (κ2) is 5.91. The third-order valence-electron chi connectivity index (χ3n) is 3.30. The zero-order valence-corrected chi connectivity index (χ0v) is 11.8. The highest BCUT2D eigenvalue weighted by Crippen LogP contribution is 2.18. The van der Waals surface area contributed by atoms with Gasteiger partial charge in [0, 0.05) is 23.4 Å². The molecule has 0 unspecified atom stereocenters. The fraction of sp³-hybridized carbons (Fsp3) is 0.188. The zero-order valence-electron chi connectivity index (χ0n) is 11.8. The normalized spacial score (nSPS) is 10.5. The van der Waals surface area contributed by atoms with Crippen molar-refractivity contribution in [1.82, 2.24) is 5.32 Å². The maximum Gasteiger partial charge on any atom is 0.251 e. The molecule has 21 heavy (non-hydrogen) atoms. The number of nitrogens with two attached hydrogens (primary N) is 1. The van der Waals surface area contributed by atoms with Crippen LogP contribution in [-0.4, -0.2) is 5.91 Å². The predicted molar refractivity (Wildman–Crippen MR) is 77.9 cm³/mol. The van der Waals surface area contributed by atoms with Crippen LogP contribution < -0.4 is 11.1 Å². The zero-order chi connectivity index (χ0) is 15.6. The summed E-state index contributed by atoms with van der Waals surface area (Å²) in [6.07, 6.45) is 0. The van der Waals surface area contributed by atoms with Crippen LogP contribution in [0.25, 0.3) is 0 Å². The van der Waals surface area contributed by atoms with E-state index in [1.807, 2.05) is 13.0 Å². The molecule has 0 aromatic heterocycles. The van der Waals surface area contributed by atoms with Gasteiger partial charge in [-0.1, -0.05) is 6.07 Å². The summed E-state index contributed by atoms with van der Waals surface area (Å²) in [6.45, 7) is 3.56. The SMILES string of the molecule is Cc1cc(C)c(C(=O)NCc2cc(F)ccc2F)cc1N. The van der Waals surface area contributed by atoms with Gasteiger partial charge < -0.3 is 11.1 Å². The average Bonchev–Trinajstić information content (AvgIpc) is 2.43. The van der Waals surface area contributed by atoms with Gasteiger partial charge in [0.25, 0.3) is 5.91 Å². The molecule has 0 spiro atoms. The summed E-state index contributed by atoms with van der Waals surface area (Å²) in [5, 5.41) is 2.57. The molecule has 110 valence electrons. The van der Waals surface area contributed by atoms with Crippen LogP contribution in [0.4, 0.5) is 14.5 Å². The Bertz CT molecular complexity index is 699. The molecule has 2 rings (SSSR count). The Morgan fingerprint density at radius 3 is 2.57 bits per heavy atom. The van der Waals surface area contributed by atoms with Crippen molar-refractivity contribution in [2.45, 2.75) is 20.4 Å². The largest absolute Gasteiger partial charge is 0.398 e. The second-order valence-electron chi connectivity index (χ2n) is 4.94. The van der Waals surface area contributed by atoms with Gasteiger partial charge in [0.2, 0.25) is 0 Å². The summed E-state index contributed by atoms with van der Waals surface area (Å²) in [5.41, 5.74) is 8.50. The number of benzene rings is 2. The fourth-order valence-electron chi connectivity index (χ4n) is 2.06. The number of aryl methyl sites for hydroxylation is 2. The smallest absolute Gasteiger partial charge is 0.251 e. The average molecular weight is 290 g/mol. The molecular weight excluding hydrogens is 274 g/mol. The molecule has 0 fully saturated rings. The minimum atomic E-state index is -0.558. The van der Waals surface area contributed by atoms with Crippen molar-refractivity contribution in [1.29, 1.82) is 0 Å². The van der Waals surface area contributed by atoms with Crippen LogP contribution in [0, 0.1) is 25.5 Å². The van der Waals surface area contributed by atoms with Gasteiger partial charge in [0.05, 0.1) is 0 Å². The monoisotopic (exact) mass is 290 g/mol. The Labute approximate surface area is 121 Å². The van der Waals surface area contributed by atoms with Gasteiger partial charge in [-0.15, -0.1) is 0 Å². The van der Waals surface area contributed by atoms with Crippen LogP contribution in [0.1, 0.15) is 27.0 Å². The molecule has 3 N–H and O–H groups in total. The first-order valence-electron chi connectivity index (χ1n) is 6.47. The quantitative estimate of drug-likeness (QED) is 0.853. The number of hydrogen-bond donors (Lipinski definition) is 2. The molecule has 1 amide bonds. The number of rotatable bonds is 3. The van der Waals surface area contributed by atoms with Crippen molar-refractivity contribution in [2.75, 3.05) is 5.73 Å². The van der Waals surface area contributed by atoms with Crippen LogP contribution in [-0.2, 0) is 6.54 Å². The minimum absolute atomic E-state index is 0.0877. The summed E-state index contributed by atoms with van der Waals surface area (Å²) in [5.74, 6) is -1.48. The van der Waals surface area contributed by atoms with Crippen LogP contribution in [0.2, 0.25) is 0 Å². The highest BCUT2D eigenvalue weighted by Gasteiger charge is 2.12. The third kappa shape index (κ3) is 3.37. The molecule has 0 radical (unpaired) electrons. The van der Waals surface area contributed by atoms with Gasteiger partial charge in [0.15, 0.2) is 0 Å². The number of halogens is 2. The standard InChI is InChI=1S/C16H16F2N2O/c1-9-5-10(2)15(19)7-13(9)16(21)20-8-11-6-12(17)3-4-14(11)18/h3-7H,8,19H2,1-2H3,(H,20,21). The topological polar surface area (TPSA) is 55.1 Å². The first kappa shape index (κ1) is 15.0. The summed E-state index contributed by atoms with van der Waals surface area (Å²) in [6, 6.07) is 6.53. The number of anilines is 1. The first-order valence-corrected chi connectivity index (χ1v) is 6.47. The van der Waals surface area contributed by atoms with E-state index < -0.39 is 11.6 Å². The number of hydrogen-bond acceptors (Lipinski definition) is 2. The number of nitrogens with one attached hydrogen (secondary N) is 1. The van der Waals surface area contributed by atoms with E-state index in [-0.39, 0.29) is 18.0 Å². The van der Waals surface area contributed by atoms with Crippen LogP contribution in [0.5, 0.6) is 0 Å². The summed E-state index contributed by atoms with van der Waals surface area (Å²) in [4.78, 5) is 12.1. The molecule has 2 aromatic carbocycles. The number of carbonyl (C=O) groups excluding carboxylic acids is 1. The van der Waals surface area contributed by atoms with Gasteiger partial charge in [0.1, 0.15) is 11.6 Å². The van der Waals surface area contributed by atoms with Crippen molar-refractivity contribution in [3.8, 4) is 0 Å². The van der Waals surface area contributed by atoms with Crippen LogP contribution in [0.3, 0.4) is 0 Å². The maximum absolute atomic E-state index is 13.5.